The molecule has 0 saturated heterocycles. The van der Waals surface area contributed by atoms with Gasteiger partial charge in [-0.15, -0.1) is 11.3 Å². The first-order chi connectivity index (χ1) is 10.8. The lowest BCUT2D eigenvalue weighted by Crippen LogP contribution is -2.09. The Morgan fingerprint density at radius 1 is 0.818 bits per heavy atom. The fourth-order valence-corrected chi connectivity index (χ4v) is 2.44. The number of hydrogen-bond donors (Lipinski definition) is 1. The Hall–Kier alpha value is -2.79. The fraction of sp³-hybridized carbons (Fsp3) is 0. The Morgan fingerprint density at radius 3 is 2.14 bits per heavy atom. The summed E-state index contributed by atoms with van der Waals surface area (Å²) in [5.41, 5.74) is 2.27. The summed E-state index contributed by atoms with van der Waals surface area (Å²) in [6.45, 7) is 0. The van der Waals surface area contributed by atoms with E-state index in [0.29, 0.717) is 4.88 Å². The van der Waals surface area contributed by atoms with E-state index in [1.165, 1.54) is 11.3 Å². The molecule has 1 aromatic heterocycles. The van der Waals surface area contributed by atoms with Crippen molar-refractivity contribution in [3.05, 3.63) is 77.0 Å². The Morgan fingerprint density at radius 2 is 1.50 bits per heavy atom. The smallest absolute Gasteiger partial charge is 0.265 e. The fourth-order valence-electron chi connectivity index (χ4n) is 1.82. The number of hydrogen-bond acceptors (Lipinski definition) is 4. The van der Waals surface area contributed by atoms with Crippen molar-refractivity contribution in [3.8, 4) is 0 Å². The number of thiophene rings is 1. The van der Waals surface area contributed by atoms with Crippen LogP contribution >= 0.6 is 11.3 Å². The van der Waals surface area contributed by atoms with Gasteiger partial charge in [0.25, 0.3) is 5.91 Å². The van der Waals surface area contributed by atoms with E-state index >= 15 is 0 Å². The minimum Gasteiger partial charge on any atom is -0.321 e. The van der Waals surface area contributed by atoms with Crippen LogP contribution < -0.4 is 5.32 Å². The lowest BCUT2D eigenvalue weighted by Gasteiger charge is -2.03. The summed E-state index contributed by atoms with van der Waals surface area (Å²) in [5.74, 6) is -0.103. The van der Waals surface area contributed by atoms with E-state index in [1.54, 1.807) is 6.07 Å². The molecule has 0 fully saturated rings. The Bertz CT molecular complexity index is 765. The van der Waals surface area contributed by atoms with Gasteiger partial charge >= 0.3 is 0 Å². The number of rotatable bonds is 4. The van der Waals surface area contributed by atoms with Crippen molar-refractivity contribution in [2.75, 3.05) is 5.32 Å². The third-order valence-corrected chi connectivity index (χ3v) is 3.78. The molecular formula is C17H13N3OS. The van der Waals surface area contributed by atoms with Gasteiger partial charge in [-0.25, -0.2) is 0 Å². The second-order valence-corrected chi connectivity index (χ2v) is 5.46. The van der Waals surface area contributed by atoms with Crippen molar-refractivity contribution >= 4 is 34.3 Å². The van der Waals surface area contributed by atoms with E-state index in [2.05, 4.69) is 15.5 Å². The van der Waals surface area contributed by atoms with Crippen LogP contribution in [0.4, 0.5) is 17.1 Å². The van der Waals surface area contributed by atoms with Crippen LogP contribution in [0.25, 0.3) is 0 Å². The molecule has 0 aliphatic rings. The highest BCUT2D eigenvalue weighted by atomic mass is 32.1. The number of anilines is 1. The van der Waals surface area contributed by atoms with Crippen LogP contribution in [0.15, 0.2) is 82.3 Å². The Labute approximate surface area is 132 Å². The van der Waals surface area contributed by atoms with Gasteiger partial charge in [-0.3, -0.25) is 4.79 Å². The summed E-state index contributed by atoms with van der Waals surface area (Å²) in [5, 5.41) is 13.0. The van der Waals surface area contributed by atoms with Crippen molar-refractivity contribution in [2.24, 2.45) is 10.2 Å². The molecule has 0 unspecified atom stereocenters. The zero-order valence-electron chi connectivity index (χ0n) is 11.6. The normalized spacial score (nSPS) is 10.7. The monoisotopic (exact) mass is 307 g/mol. The number of carbonyl (C=O) groups excluding carboxylic acids is 1. The molecule has 3 aromatic rings. The van der Waals surface area contributed by atoms with E-state index in [0.717, 1.165) is 17.1 Å². The van der Waals surface area contributed by atoms with Gasteiger partial charge in [-0.2, -0.15) is 10.2 Å². The quantitative estimate of drug-likeness (QED) is 0.643. The van der Waals surface area contributed by atoms with Gasteiger partial charge < -0.3 is 5.32 Å². The predicted molar refractivity (Wildman–Crippen MR) is 89.3 cm³/mol. The van der Waals surface area contributed by atoms with Crippen LogP contribution in [0.3, 0.4) is 0 Å². The van der Waals surface area contributed by atoms with Crippen molar-refractivity contribution < 1.29 is 4.79 Å². The van der Waals surface area contributed by atoms with Crippen LogP contribution in [-0.2, 0) is 0 Å². The molecule has 0 radical (unpaired) electrons. The minimum atomic E-state index is -0.103. The van der Waals surface area contributed by atoms with E-state index in [1.807, 2.05) is 66.0 Å². The molecular weight excluding hydrogens is 294 g/mol. The molecule has 0 aliphatic heterocycles. The van der Waals surface area contributed by atoms with E-state index in [4.69, 9.17) is 0 Å². The number of amides is 1. The van der Waals surface area contributed by atoms with Gasteiger partial charge in [-0.1, -0.05) is 24.3 Å². The molecule has 1 heterocycles. The van der Waals surface area contributed by atoms with E-state index in [-0.39, 0.29) is 5.91 Å². The number of nitrogens with zero attached hydrogens (tertiary/aromatic N) is 2. The topological polar surface area (TPSA) is 53.8 Å². The van der Waals surface area contributed by atoms with Gasteiger partial charge in [-0.05, 0) is 47.8 Å². The Balaban J connectivity index is 1.65. The molecule has 3 rings (SSSR count). The molecule has 22 heavy (non-hydrogen) atoms. The highest BCUT2D eigenvalue weighted by Gasteiger charge is 2.06. The summed E-state index contributed by atoms with van der Waals surface area (Å²) in [6.07, 6.45) is 0. The van der Waals surface area contributed by atoms with Crippen LogP contribution in [0, 0.1) is 0 Å². The zero-order chi connectivity index (χ0) is 15.2. The highest BCUT2D eigenvalue weighted by molar-refractivity contribution is 7.12. The summed E-state index contributed by atoms with van der Waals surface area (Å²) in [4.78, 5) is 12.6. The maximum absolute atomic E-state index is 11.9. The summed E-state index contributed by atoms with van der Waals surface area (Å²) < 4.78 is 0. The average molecular weight is 307 g/mol. The molecule has 0 aliphatic carbocycles. The van der Waals surface area contributed by atoms with Crippen molar-refractivity contribution in [2.45, 2.75) is 0 Å². The van der Waals surface area contributed by atoms with Gasteiger partial charge in [0.2, 0.25) is 0 Å². The summed E-state index contributed by atoms with van der Waals surface area (Å²) >= 11 is 1.41. The number of benzene rings is 2. The minimum absolute atomic E-state index is 0.103. The number of azo groups is 1. The molecule has 0 atom stereocenters. The van der Waals surface area contributed by atoms with Gasteiger partial charge in [0.15, 0.2) is 0 Å². The van der Waals surface area contributed by atoms with E-state index < -0.39 is 0 Å². The largest absolute Gasteiger partial charge is 0.321 e. The molecule has 2 aromatic carbocycles. The lowest BCUT2D eigenvalue weighted by atomic mass is 10.3. The highest BCUT2D eigenvalue weighted by Crippen LogP contribution is 2.20. The van der Waals surface area contributed by atoms with Gasteiger partial charge in [0.05, 0.1) is 16.3 Å². The third-order valence-electron chi connectivity index (χ3n) is 2.91. The molecule has 108 valence electrons. The lowest BCUT2D eigenvalue weighted by molar-refractivity contribution is 0.103. The molecule has 0 bridgehead atoms. The first-order valence-corrected chi connectivity index (χ1v) is 7.61. The van der Waals surface area contributed by atoms with Crippen LogP contribution in [0.1, 0.15) is 9.67 Å². The SMILES string of the molecule is O=C(Nc1ccc(N=Nc2ccccc2)cc1)c1cccs1. The van der Waals surface area contributed by atoms with Gasteiger partial charge in [0.1, 0.15) is 0 Å². The first kappa shape index (κ1) is 14.2. The van der Waals surface area contributed by atoms with E-state index in [9.17, 15) is 4.79 Å². The number of nitrogens with one attached hydrogen (secondary N) is 1. The van der Waals surface area contributed by atoms with Crippen molar-refractivity contribution in [1.29, 1.82) is 0 Å². The van der Waals surface area contributed by atoms with Crippen LogP contribution in [0.5, 0.6) is 0 Å². The third kappa shape index (κ3) is 3.65. The van der Waals surface area contributed by atoms with Crippen molar-refractivity contribution in [1.82, 2.24) is 0 Å². The van der Waals surface area contributed by atoms with Crippen molar-refractivity contribution in [3.63, 3.8) is 0 Å². The molecule has 1 amide bonds. The molecule has 0 saturated carbocycles. The standard InChI is InChI=1S/C17H13N3OS/c21-17(16-7-4-12-22-16)18-13-8-10-15(11-9-13)20-19-14-5-2-1-3-6-14/h1-12H,(H,18,21). The maximum Gasteiger partial charge on any atom is 0.265 e. The van der Waals surface area contributed by atoms with Gasteiger partial charge in [0, 0.05) is 5.69 Å². The molecule has 5 heteroatoms. The number of carbonyl (C=O) groups is 1. The second kappa shape index (κ2) is 6.78. The predicted octanol–water partition coefficient (Wildman–Crippen LogP) is 5.42. The average Bonchev–Trinajstić information content (AvgIpc) is 3.10. The Kier molecular flexibility index (Phi) is 4.36. The first-order valence-electron chi connectivity index (χ1n) is 6.73. The molecule has 4 nitrogen and oxygen atoms in total. The van der Waals surface area contributed by atoms with Crippen LogP contribution in [-0.4, -0.2) is 5.91 Å². The molecule has 1 N–H and O–H groups in total. The van der Waals surface area contributed by atoms with Crippen LogP contribution in [0.2, 0.25) is 0 Å². The maximum atomic E-state index is 11.9. The second-order valence-electron chi connectivity index (χ2n) is 4.51. The summed E-state index contributed by atoms with van der Waals surface area (Å²) in [7, 11) is 0. The molecule has 0 spiro atoms. The summed E-state index contributed by atoms with van der Waals surface area (Å²) in [6, 6.07) is 20.4. The zero-order valence-corrected chi connectivity index (χ0v) is 12.5.